The van der Waals surface area contributed by atoms with Gasteiger partial charge in [-0.2, -0.15) is 0 Å². The van der Waals surface area contributed by atoms with Crippen LogP contribution in [0.2, 0.25) is 0 Å². The van der Waals surface area contributed by atoms with Crippen molar-refractivity contribution < 1.29 is 61.7 Å². The topological polar surface area (TPSA) is 136 Å². The van der Waals surface area contributed by atoms with E-state index in [1.807, 2.05) is 20.8 Å². The molecule has 0 aromatic rings. The van der Waals surface area contributed by atoms with Crippen molar-refractivity contribution in [3.8, 4) is 0 Å². The van der Waals surface area contributed by atoms with Crippen LogP contribution in [0, 0.1) is 0 Å². The van der Waals surface area contributed by atoms with Gasteiger partial charge in [0, 0.05) is 0 Å². The molecule has 0 spiro atoms. The van der Waals surface area contributed by atoms with Crippen molar-refractivity contribution in [3.05, 3.63) is 0 Å². The zero-order valence-electron chi connectivity index (χ0n) is 24.9. The summed E-state index contributed by atoms with van der Waals surface area (Å²) in [5, 5.41) is 0. The number of rotatable bonds is 30. The van der Waals surface area contributed by atoms with E-state index >= 15 is 0 Å². The Balaban J connectivity index is 3.12. The lowest BCUT2D eigenvalue weighted by Crippen LogP contribution is -2.27. The van der Waals surface area contributed by atoms with Crippen LogP contribution in [0.3, 0.4) is 0 Å². The highest BCUT2D eigenvalue weighted by Gasteiger charge is 2.15. The number of ether oxygens (including phenoxy) is 11. The van der Waals surface area contributed by atoms with E-state index in [4.69, 9.17) is 52.1 Å². The van der Waals surface area contributed by atoms with Crippen molar-refractivity contribution in [1.82, 2.24) is 0 Å². The zero-order chi connectivity index (χ0) is 29.6. The number of carbonyl (C=O) groups is 2. The van der Waals surface area contributed by atoms with E-state index < -0.39 is 5.60 Å². The highest BCUT2D eigenvalue weighted by molar-refractivity contribution is 5.71. The molecule has 0 aromatic heterocycles. The van der Waals surface area contributed by atoms with Crippen LogP contribution >= 0.6 is 0 Å². The summed E-state index contributed by atoms with van der Waals surface area (Å²) in [6.45, 7) is 15.1. The first kappa shape index (κ1) is 38.6. The number of esters is 2. The molecule has 0 aliphatic carbocycles. The van der Waals surface area contributed by atoms with Gasteiger partial charge in [-0.25, -0.2) is 4.79 Å². The standard InChI is InChI=1S/C27H52O13/c1-5-39-25(28)6-7-30-8-9-31-10-11-32-12-13-33-14-15-34-16-17-35-18-19-36-20-21-37-22-23-38-24-26(29)40-27(2,3)4/h5-24H2,1-4H3. The molecule has 0 saturated heterocycles. The van der Waals surface area contributed by atoms with Crippen LogP contribution < -0.4 is 0 Å². The van der Waals surface area contributed by atoms with Crippen molar-refractivity contribution in [2.45, 2.75) is 39.7 Å². The lowest BCUT2D eigenvalue weighted by Gasteiger charge is -2.19. The first-order chi connectivity index (χ1) is 19.3. The largest absolute Gasteiger partial charge is 0.466 e. The molecular formula is C27H52O13. The van der Waals surface area contributed by atoms with E-state index in [0.717, 1.165) is 0 Å². The Morgan fingerprint density at radius 3 is 1.05 bits per heavy atom. The summed E-state index contributed by atoms with van der Waals surface area (Å²) < 4.78 is 58.3. The normalized spacial score (nSPS) is 11.6. The maximum atomic E-state index is 11.5. The average Bonchev–Trinajstić information content (AvgIpc) is 2.89. The molecule has 0 saturated carbocycles. The SMILES string of the molecule is CCOC(=O)CCOCCOCCOCCOCCOCCOCCOCCOCCOCC(=O)OC(C)(C)C. The Bertz CT molecular complexity index is 569. The third kappa shape index (κ3) is 32.8. The minimum atomic E-state index is -0.511. The Morgan fingerprint density at radius 2 is 0.750 bits per heavy atom. The summed E-state index contributed by atoms with van der Waals surface area (Å²) in [5.74, 6) is -0.643. The molecule has 0 rings (SSSR count). The van der Waals surface area contributed by atoms with Crippen molar-refractivity contribution in [2.24, 2.45) is 0 Å². The molecule has 0 unspecified atom stereocenters. The molecule has 0 bridgehead atoms. The Morgan fingerprint density at radius 1 is 0.450 bits per heavy atom. The Labute approximate surface area is 239 Å². The fourth-order valence-corrected chi connectivity index (χ4v) is 2.67. The monoisotopic (exact) mass is 584 g/mol. The van der Waals surface area contributed by atoms with Gasteiger partial charge in [0.05, 0.1) is 125 Å². The number of carbonyl (C=O) groups excluding carboxylic acids is 2. The van der Waals surface area contributed by atoms with Crippen LogP contribution in [0.4, 0.5) is 0 Å². The quantitative estimate of drug-likeness (QED) is 0.0890. The summed E-state index contributed by atoms with van der Waals surface area (Å²) in [6, 6.07) is 0. The van der Waals surface area contributed by atoms with Gasteiger partial charge in [0.2, 0.25) is 0 Å². The third-order valence-corrected chi connectivity index (χ3v) is 4.37. The lowest BCUT2D eigenvalue weighted by molar-refractivity contribution is -0.160. The second-order valence-corrected chi connectivity index (χ2v) is 9.09. The summed E-state index contributed by atoms with van der Waals surface area (Å²) in [7, 11) is 0. The van der Waals surface area contributed by atoms with Gasteiger partial charge in [-0.05, 0) is 27.7 Å². The van der Waals surface area contributed by atoms with Crippen LogP contribution in [0.1, 0.15) is 34.1 Å². The minimum Gasteiger partial charge on any atom is -0.466 e. The Kier molecular flexibility index (Phi) is 28.1. The predicted molar refractivity (Wildman–Crippen MR) is 144 cm³/mol. The van der Waals surface area contributed by atoms with E-state index in [1.165, 1.54) is 0 Å². The summed E-state index contributed by atoms with van der Waals surface area (Å²) >= 11 is 0. The molecule has 0 aromatic carbocycles. The van der Waals surface area contributed by atoms with E-state index in [9.17, 15) is 9.59 Å². The average molecular weight is 585 g/mol. The molecule has 0 N–H and O–H groups in total. The molecule has 0 fully saturated rings. The maximum absolute atomic E-state index is 11.5. The molecule has 0 radical (unpaired) electrons. The molecule has 13 heteroatoms. The molecule has 0 aliphatic heterocycles. The third-order valence-electron chi connectivity index (χ3n) is 4.37. The van der Waals surface area contributed by atoms with Gasteiger partial charge < -0.3 is 52.1 Å². The van der Waals surface area contributed by atoms with Gasteiger partial charge in [-0.15, -0.1) is 0 Å². The van der Waals surface area contributed by atoms with E-state index in [0.29, 0.717) is 119 Å². The van der Waals surface area contributed by atoms with Crippen molar-refractivity contribution in [3.63, 3.8) is 0 Å². The van der Waals surface area contributed by atoms with Gasteiger partial charge in [0.15, 0.2) is 0 Å². The molecule has 0 heterocycles. The van der Waals surface area contributed by atoms with Crippen LogP contribution in [-0.4, -0.2) is 143 Å². The van der Waals surface area contributed by atoms with Crippen LogP contribution in [0.5, 0.6) is 0 Å². The van der Waals surface area contributed by atoms with E-state index in [1.54, 1.807) is 6.92 Å². The highest BCUT2D eigenvalue weighted by Crippen LogP contribution is 2.06. The van der Waals surface area contributed by atoms with Gasteiger partial charge in [0.25, 0.3) is 0 Å². The minimum absolute atomic E-state index is 0.0850. The summed E-state index contributed by atoms with van der Waals surface area (Å²) in [6.07, 6.45) is 0.253. The number of hydrogen-bond acceptors (Lipinski definition) is 13. The molecule has 0 amide bonds. The molecule has 0 atom stereocenters. The second kappa shape index (κ2) is 29.1. The first-order valence-corrected chi connectivity index (χ1v) is 13.9. The fraction of sp³-hybridized carbons (Fsp3) is 0.926. The smallest absolute Gasteiger partial charge is 0.332 e. The van der Waals surface area contributed by atoms with Gasteiger partial charge >= 0.3 is 11.9 Å². The highest BCUT2D eigenvalue weighted by atomic mass is 16.6. The van der Waals surface area contributed by atoms with Crippen molar-refractivity contribution in [1.29, 1.82) is 0 Å². The van der Waals surface area contributed by atoms with Gasteiger partial charge in [-0.1, -0.05) is 0 Å². The molecule has 13 nitrogen and oxygen atoms in total. The predicted octanol–water partition coefficient (Wildman–Crippen LogP) is 1.43. The number of hydrogen-bond donors (Lipinski definition) is 0. The molecule has 0 aliphatic rings. The van der Waals surface area contributed by atoms with Gasteiger partial charge in [-0.3, -0.25) is 4.79 Å². The van der Waals surface area contributed by atoms with Gasteiger partial charge in [0.1, 0.15) is 12.2 Å². The lowest BCUT2D eigenvalue weighted by atomic mass is 10.2. The Hall–Kier alpha value is -1.42. The molecule has 40 heavy (non-hydrogen) atoms. The van der Waals surface area contributed by atoms with Crippen LogP contribution in [0.25, 0.3) is 0 Å². The molecule has 238 valence electrons. The summed E-state index contributed by atoms with van der Waals surface area (Å²) in [5.41, 5.74) is -0.511. The van der Waals surface area contributed by atoms with Crippen molar-refractivity contribution >= 4 is 11.9 Å². The first-order valence-electron chi connectivity index (χ1n) is 13.9. The van der Waals surface area contributed by atoms with E-state index in [-0.39, 0.29) is 25.0 Å². The zero-order valence-corrected chi connectivity index (χ0v) is 24.9. The van der Waals surface area contributed by atoms with E-state index in [2.05, 4.69) is 0 Å². The molecular weight excluding hydrogens is 532 g/mol. The maximum Gasteiger partial charge on any atom is 0.332 e. The van der Waals surface area contributed by atoms with Crippen molar-refractivity contribution in [2.75, 3.05) is 126 Å². The van der Waals surface area contributed by atoms with Crippen LogP contribution in [-0.2, 0) is 61.7 Å². The van der Waals surface area contributed by atoms with Crippen LogP contribution in [0.15, 0.2) is 0 Å². The summed E-state index contributed by atoms with van der Waals surface area (Å²) in [4.78, 5) is 22.6. The second-order valence-electron chi connectivity index (χ2n) is 9.09. The fourth-order valence-electron chi connectivity index (χ4n) is 2.67.